The number of aromatic amines is 2. The number of aromatic nitrogens is 2. The van der Waals surface area contributed by atoms with Gasteiger partial charge in [-0.3, -0.25) is 15.0 Å². The van der Waals surface area contributed by atoms with Crippen molar-refractivity contribution in [3.8, 4) is 23.1 Å². The fourth-order valence-corrected chi connectivity index (χ4v) is 2.04. The van der Waals surface area contributed by atoms with Crippen LogP contribution in [0.4, 0.5) is 11.4 Å². The largest absolute Gasteiger partial charge is 0.507 e. The molecule has 0 aliphatic heterocycles. The number of para-hydroxylation sites is 1. The summed E-state index contributed by atoms with van der Waals surface area (Å²) in [6.45, 7) is 0. The maximum atomic E-state index is 11.9. The Morgan fingerprint density at radius 2 is 1.74 bits per heavy atom. The van der Waals surface area contributed by atoms with Crippen LogP contribution in [0.1, 0.15) is 5.56 Å². The van der Waals surface area contributed by atoms with Gasteiger partial charge in [-0.05, 0) is 36.4 Å². The normalized spacial score (nSPS) is 10.7. The Morgan fingerprint density at radius 1 is 1.00 bits per heavy atom. The zero-order valence-electron chi connectivity index (χ0n) is 11.8. The fraction of sp³-hybridized carbons (Fsp3) is 0. The maximum absolute atomic E-state index is 11.9. The van der Waals surface area contributed by atoms with Crippen molar-refractivity contribution in [1.29, 1.82) is 5.26 Å². The van der Waals surface area contributed by atoms with Crippen LogP contribution >= 0.6 is 0 Å². The Balaban J connectivity index is 1.99. The number of nitrogens with zero attached hydrogens (tertiary/aromatic N) is 3. The minimum atomic E-state index is -0.444. The second-order valence-electron chi connectivity index (χ2n) is 4.68. The van der Waals surface area contributed by atoms with Crippen LogP contribution in [0.25, 0.3) is 11.3 Å². The third kappa shape index (κ3) is 2.87. The Bertz CT molecular complexity index is 961. The fourth-order valence-electron chi connectivity index (χ4n) is 2.04. The molecular formula is C16H11N5O2. The second-order valence-corrected chi connectivity index (χ2v) is 4.68. The van der Waals surface area contributed by atoms with Gasteiger partial charge in [-0.1, -0.05) is 12.1 Å². The summed E-state index contributed by atoms with van der Waals surface area (Å²) in [5.41, 5.74) is 1.44. The number of aromatic hydroxyl groups is 1. The first-order chi connectivity index (χ1) is 11.2. The summed E-state index contributed by atoms with van der Waals surface area (Å²) in [4.78, 5) is 11.9. The summed E-state index contributed by atoms with van der Waals surface area (Å²) in [6, 6.07) is 15.1. The number of rotatable bonds is 3. The van der Waals surface area contributed by atoms with E-state index >= 15 is 0 Å². The van der Waals surface area contributed by atoms with Crippen molar-refractivity contribution in [2.24, 2.45) is 10.2 Å². The summed E-state index contributed by atoms with van der Waals surface area (Å²) in [5, 5.41) is 31.7. The number of phenols is 1. The number of azo groups is 1. The third-order valence-electron chi connectivity index (χ3n) is 3.19. The van der Waals surface area contributed by atoms with Gasteiger partial charge in [0.15, 0.2) is 5.69 Å². The molecule has 0 fully saturated rings. The van der Waals surface area contributed by atoms with Crippen molar-refractivity contribution in [3.05, 3.63) is 64.4 Å². The molecule has 3 aromatic rings. The summed E-state index contributed by atoms with van der Waals surface area (Å²) in [6.07, 6.45) is 0. The first kappa shape index (κ1) is 14.3. The number of H-pyrrole nitrogens is 2. The quantitative estimate of drug-likeness (QED) is 0.644. The van der Waals surface area contributed by atoms with Crippen molar-refractivity contribution in [3.63, 3.8) is 0 Å². The summed E-state index contributed by atoms with van der Waals surface area (Å²) in [5.74, 6) is 0.0255. The Kier molecular flexibility index (Phi) is 3.72. The van der Waals surface area contributed by atoms with E-state index < -0.39 is 5.56 Å². The topological polar surface area (TPSA) is 117 Å². The highest BCUT2D eigenvalue weighted by molar-refractivity contribution is 5.75. The van der Waals surface area contributed by atoms with Crippen LogP contribution in [0, 0.1) is 11.3 Å². The van der Waals surface area contributed by atoms with Crippen LogP contribution in [-0.2, 0) is 0 Å². The molecule has 3 N–H and O–H groups in total. The molecule has 0 amide bonds. The number of nitriles is 1. The molecule has 0 aliphatic rings. The lowest BCUT2D eigenvalue weighted by atomic mass is 10.1. The first-order valence-corrected chi connectivity index (χ1v) is 6.70. The molecule has 0 saturated carbocycles. The van der Waals surface area contributed by atoms with Crippen LogP contribution < -0.4 is 5.56 Å². The van der Waals surface area contributed by atoms with E-state index in [0.717, 1.165) is 0 Å². The van der Waals surface area contributed by atoms with Crippen molar-refractivity contribution in [1.82, 2.24) is 10.2 Å². The minimum Gasteiger partial charge on any atom is -0.507 e. The van der Waals surface area contributed by atoms with Gasteiger partial charge in [0, 0.05) is 5.56 Å². The van der Waals surface area contributed by atoms with E-state index in [1.165, 1.54) is 6.07 Å². The molecule has 1 aromatic heterocycles. The molecule has 7 heteroatoms. The molecule has 112 valence electrons. The predicted octanol–water partition coefficient (Wildman–Crippen LogP) is 3.36. The Labute approximate surface area is 130 Å². The van der Waals surface area contributed by atoms with Crippen molar-refractivity contribution in [2.45, 2.75) is 0 Å². The number of hydrogen-bond acceptors (Lipinski definition) is 5. The molecule has 2 aromatic carbocycles. The van der Waals surface area contributed by atoms with Gasteiger partial charge in [-0.2, -0.15) is 10.4 Å². The lowest BCUT2D eigenvalue weighted by Crippen LogP contribution is -1.96. The highest BCUT2D eigenvalue weighted by Crippen LogP contribution is 2.32. The van der Waals surface area contributed by atoms with Crippen molar-refractivity contribution < 1.29 is 5.11 Å². The van der Waals surface area contributed by atoms with E-state index in [0.29, 0.717) is 22.5 Å². The van der Waals surface area contributed by atoms with Crippen LogP contribution in [0.3, 0.4) is 0 Å². The van der Waals surface area contributed by atoms with E-state index in [1.54, 1.807) is 42.5 Å². The van der Waals surface area contributed by atoms with E-state index in [4.69, 9.17) is 5.26 Å². The maximum Gasteiger partial charge on any atom is 0.292 e. The van der Waals surface area contributed by atoms with Crippen molar-refractivity contribution in [2.75, 3.05) is 0 Å². The van der Waals surface area contributed by atoms with Crippen LogP contribution in [-0.4, -0.2) is 15.3 Å². The molecule has 0 radical (unpaired) electrons. The van der Waals surface area contributed by atoms with Gasteiger partial charge in [-0.25, -0.2) is 0 Å². The number of benzene rings is 2. The summed E-state index contributed by atoms with van der Waals surface area (Å²) >= 11 is 0. The summed E-state index contributed by atoms with van der Waals surface area (Å²) < 4.78 is 0. The number of phenolic OH excluding ortho intramolecular Hbond substituents is 1. The molecular weight excluding hydrogens is 294 g/mol. The minimum absolute atomic E-state index is 0.0255. The zero-order chi connectivity index (χ0) is 16.2. The number of hydrogen-bond donors (Lipinski definition) is 3. The van der Waals surface area contributed by atoms with E-state index in [1.807, 2.05) is 6.07 Å². The Morgan fingerprint density at radius 3 is 2.43 bits per heavy atom. The van der Waals surface area contributed by atoms with Gasteiger partial charge in [0.25, 0.3) is 5.56 Å². The standard InChI is InChI=1S/C16H11N5O2/c17-9-10-5-7-11(8-6-10)18-20-15-14(19-21-16(15)23)12-3-1-2-4-13(12)22/h1-8,22H,(H2,19,21,23). The third-order valence-corrected chi connectivity index (χ3v) is 3.19. The van der Waals surface area contributed by atoms with E-state index in [9.17, 15) is 9.90 Å². The van der Waals surface area contributed by atoms with Gasteiger partial charge in [0.05, 0.1) is 23.0 Å². The second kappa shape index (κ2) is 5.99. The van der Waals surface area contributed by atoms with Crippen LogP contribution in [0.5, 0.6) is 5.75 Å². The monoisotopic (exact) mass is 305 g/mol. The first-order valence-electron chi connectivity index (χ1n) is 6.70. The van der Waals surface area contributed by atoms with E-state index in [-0.39, 0.29) is 11.4 Å². The number of nitrogens with one attached hydrogen (secondary N) is 2. The molecule has 7 nitrogen and oxygen atoms in total. The van der Waals surface area contributed by atoms with Crippen molar-refractivity contribution >= 4 is 11.4 Å². The van der Waals surface area contributed by atoms with Crippen LogP contribution in [0.2, 0.25) is 0 Å². The van der Waals surface area contributed by atoms with Gasteiger partial charge < -0.3 is 5.11 Å². The molecule has 0 spiro atoms. The van der Waals surface area contributed by atoms with Gasteiger partial charge in [-0.15, -0.1) is 5.11 Å². The van der Waals surface area contributed by atoms with Gasteiger partial charge >= 0.3 is 0 Å². The molecule has 3 rings (SSSR count). The van der Waals surface area contributed by atoms with Crippen LogP contribution in [0.15, 0.2) is 63.6 Å². The average Bonchev–Trinajstić information content (AvgIpc) is 2.94. The highest BCUT2D eigenvalue weighted by atomic mass is 16.3. The lowest BCUT2D eigenvalue weighted by molar-refractivity contribution is 0.477. The summed E-state index contributed by atoms with van der Waals surface area (Å²) in [7, 11) is 0. The smallest absolute Gasteiger partial charge is 0.292 e. The van der Waals surface area contributed by atoms with Gasteiger partial charge in [0.1, 0.15) is 5.75 Å². The van der Waals surface area contributed by atoms with Gasteiger partial charge in [0.2, 0.25) is 0 Å². The predicted molar refractivity (Wildman–Crippen MR) is 83.8 cm³/mol. The molecule has 1 heterocycles. The molecule has 0 bridgehead atoms. The molecule has 0 atom stereocenters. The Hall–Kier alpha value is -3.66. The molecule has 0 aliphatic carbocycles. The SMILES string of the molecule is N#Cc1ccc(N=Nc2c(-c3ccccc3O)[nH][nH]c2=O)cc1. The molecule has 0 saturated heterocycles. The molecule has 0 unspecified atom stereocenters. The molecule has 23 heavy (non-hydrogen) atoms. The highest BCUT2D eigenvalue weighted by Gasteiger charge is 2.14. The zero-order valence-corrected chi connectivity index (χ0v) is 11.8. The lowest BCUT2D eigenvalue weighted by Gasteiger charge is -2.01. The average molecular weight is 305 g/mol. The van der Waals surface area contributed by atoms with E-state index in [2.05, 4.69) is 20.4 Å².